The highest BCUT2D eigenvalue weighted by Gasteiger charge is 2.27. The monoisotopic (exact) mass is 261 g/mol. The van der Waals surface area contributed by atoms with Crippen LogP contribution in [0.4, 0.5) is 10.5 Å². The van der Waals surface area contributed by atoms with Gasteiger partial charge in [0.1, 0.15) is 0 Å². The Balaban J connectivity index is 1.79. The molecule has 1 aromatic carbocycles. The lowest BCUT2D eigenvalue weighted by atomic mass is 9.82. The molecule has 0 radical (unpaired) electrons. The van der Waals surface area contributed by atoms with Crippen LogP contribution in [-0.2, 0) is 0 Å². The average molecular weight is 261 g/mol. The summed E-state index contributed by atoms with van der Waals surface area (Å²) >= 11 is 0. The molecule has 4 N–H and O–H groups in total. The zero-order valence-electron chi connectivity index (χ0n) is 11.5. The molecule has 4 heteroatoms. The lowest BCUT2D eigenvalue weighted by Crippen LogP contribution is -2.52. The number of hydrogen-bond acceptors (Lipinski definition) is 2. The number of nitrogens with two attached hydrogens (primary N) is 1. The van der Waals surface area contributed by atoms with Crippen LogP contribution in [0.2, 0.25) is 0 Å². The van der Waals surface area contributed by atoms with Gasteiger partial charge in [-0.15, -0.1) is 0 Å². The lowest BCUT2D eigenvalue weighted by Gasteiger charge is -2.33. The molecule has 0 heterocycles. The molecule has 19 heavy (non-hydrogen) atoms. The molecule has 0 bridgehead atoms. The Morgan fingerprint density at radius 2 is 1.84 bits per heavy atom. The molecule has 0 saturated heterocycles. The highest BCUT2D eigenvalue weighted by Crippen LogP contribution is 2.25. The smallest absolute Gasteiger partial charge is 0.319 e. The summed E-state index contributed by atoms with van der Waals surface area (Å²) in [5, 5.41) is 5.70. The minimum absolute atomic E-state index is 0.181. The van der Waals surface area contributed by atoms with Crippen LogP contribution >= 0.6 is 0 Å². The van der Waals surface area contributed by atoms with E-state index in [0.717, 1.165) is 31.4 Å². The molecule has 0 atom stereocenters. The van der Waals surface area contributed by atoms with E-state index in [2.05, 4.69) is 10.6 Å². The summed E-state index contributed by atoms with van der Waals surface area (Å²) in [6, 6.07) is 7.56. The Labute approximate surface area is 114 Å². The van der Waals surface area contributed by atoms with Gasteiger partial charge in [0, 0.05) is 17.8 Å². The van der Waals surface area contributed by atoms with Gasteiger partial charge in [0.05, 0.1) is 0 Å². The summed E-state index contributed by atoms with van der Waals surface area (Å²) in [5.74, 6) is 0. The summed E-state index contributed by atoms with van der Waals surface area (Å²) in [4.78, 5) is 11.8. The summed E-state index contributed by atoms with van der Waals surface area (Å²) in [7, 11) is 0. The molecular formula is C15H23N3O. The van der Waals surface area contributed by atoms with Crippen molar-refractivity contribution < 1.29 is 4.79 Å². The minimum Gasteiger partial charge on any atom is -0.336 e. The van der Waals surface area contributed by atoms with Gasteiger partial charge in [-0.3, -0.25) is 0 Å². The molecule has 1 aliphatic carbocycles. The van der Waals surface area contributed by atoms with Crippen molar-refractivity contribution in [1.82, 2.24) is 5.32 Å². The topological polar surface area (TPSA) is 67.2 Å². The second kappa shape index (κ2) is 6.06. The average Bonchev–Trinajstić information content (AvgIpc) is 2.40. The van der Waals surface area contributed by atoms with Gasteiger partial charge >= 0.3 is 6.03 Å². The van der Waals surface area contributed by atoms with Gasteiger partial charge in [0.2, 0.25) is 0 Å². The molecular weight excluding hydrogens is 238 g/mol. The fraction of sp³-hybridized carbons (Fsp3) is 0.533. The highest BCUT2D eigenvalue weighted by molar-refractivity contribution is 5.89. The summed E-state index contributed by atoms with van der Waals surface area (Å²) in [6.07, 6.45) is 5.58. The molecule has 0 spiro atoms. The number of carbonyl (C=O) groups excluding carboxylic acids is 1. The second-order valence-electron chi connectivity index (χ2n) is 5.60. The molecule has 0 aromatic heterocycles. The predicted octanol–water partition coefficient (Wildman–Crippen LogP) is 2.78. The summed E-state index contributed by atoms with van der Waals surface area (Å²) in [5.41, 5.74) is 8.04. The van der Waals surface area contributed by atoms with Gasteiger partial charge in [-0.05, 0) is 31.9 Å². The maximum Gasteiger partial charge on any atom is 0.319 e. The Kier molecular flexibility index (Phi) is 4.43. The van der Waals surface area contributed by atoms with Gasteiger partial charge < -0.3 is 16.4 Å². The van der Waals surface area contributed by atoms with Gasteiger partial charge in [0.15, 0.2) is 0 Å². The molecule has 2 rings (SSSR count). The molecule has 1 aromatic rings. The number of urea groups is 1. The number of carbonyl (C=O) groups is 1. The summed E-state index contributed by atoms with van der Waals surface area (Å²) in [6.45, 7) is 2.57. The summed E-state index contributed by atoms with van der Waals surface area (Å²) < 4.78 is 0. The van der Waals surface area contributed by atoms with Crippen LogP contribution in [0.15, 0.2) is 24.3 Å². The van der Waals surface area contributed by atoms with Crippen LogP contribution < -0.4 is 16.4 Å². The van der Waals surface area contributed by atoms with Crippen molar-refractivity contribution in [2.45, 2.75) is 44.6 Å². The van der Waals surface area contributed by atoms with E-state index in [1.165, 1.54) is 12.0 Å². The number of benzene rings is 1. The van der Waals surface area contributed by atoms with Gasteiger partial charge in [-0.25, -0.2) is 4.79 Å². The second-order valence-corrected chi connectivity index (χ2v) is 5.60. The SMILES string of the molecule is Cc1ccc(NC(=O)NCC2(N)CCCCC2)cc1. The van der Waals surface area contributed by atoms with Crippen LogP contribution in [0.25, 0.3) is 0 Å². The Morgan fingerprint density at radius 1 is 1.21 bits per heavy atom. The first-order chi connectivity index (χ1) is 9.07. The number of rotatable bonds is 3. The number of hydrogen-bond donors (Lipinski definition) is 3. The predicted molar refractivity (Wildman–Crippen MR) is 78.2 cm³/mol. The highest BCUT2D eigenvalue weighted by atomic mass is 16.2. The Bertz CT molecular complexity index is 422. The van der Waals surface area contributed by atoms with Crippen molar-refractivity contribution in [3.05, 3.63) is 29.8 Å². The minimum atomic E-state index is -0.219. The van der Waals surface area contributed by atoms with E-state index < -0.39 is 0 Å². The molecule has 0 aliphatic heterocycles. The third kappa shape index (κ3) is 4.24. The zero-order chi connectivity index (χ0) is 13.7. The number of aryl methyl sites for hydroxylation is 1. The molecule has 1 aliphatic rings. The van der Waals surface area contributed by atoms with Gasteiger partial charge in [-0.2, -0.15) is 0 Å². The van der Waals surface area contributed by atoms with Crippen molar-refractivity contribution >= 4 is 11.7 Å². The fourth-order valence-electron chi connectivity index (χ4n) is 2.50. The third-order valence-corrected chi connectivity index (χ3v) is 3.76. The molecule has 0 unspecified atom stereocenters. The molecule has 104 valence electrons. The normalized spacial score (nSPS) is 17.8. The van der Waals surface area contributed by atoms with Crippen LogP contribution in [0.1, 0.15) is 37.7 Å². The van der Waals surface area contributed by atoms with E-state index in [9.17, 15) is 4.79 Å². The van der Waals surface area contributed by atoms with Crippen molar-refractivity contribution in [3.8, 4) is 0 Å². The van der Waals surface area contributed by atoms with Crippen molar-refractivity contribution in [3.63, 3.8) is 0 Å². The number of nitrogens with one attached hydrogen (secondary N) is 2. The van der Waals surface area contributed by atoms with E-state index in [1.54, 1.807) is 0 Å². The molecule has 4 nitrogen and oxygen atoms in total. The number of anilines is 1. The Hall–Kier alpha value is -1.55. The van der Waals surface area contributed by atoms with E-state index in [-0.39, 0.29) is 11.6 Å². The molecule has 1 fully saturated rings. The largest absolute Gasteiger partial charge is 0.336 e. The van der Waals surface area contributed by atoms with Gasteiger partial charge in [-0.1, -0.05) is 37.0 Å². The van der Waals surface area contributed by atoms with Crippen molar-refractivity contribution in [1.29, 1.82) is 0 Å². The quantitative estimate of drug-likeness (QED) is 0.783. The number of amides is 2. The van der Waals surface area contributed by atoms with Crippen molar-refractivity contribution in [2.75, 3.05) is 11.9 Å². The van der Waals surface area contributed by atoms with Crippen LogP contribution in [0.5, 0.6) is 0 Å². The first kappa shape index (κ1) is 13.9. The molecule has 2 amide bonds. The standard InChI is InChI=1S/C15H23N3O/c1-12-5-7-13(8-6-12)18-14(19)17-11-15(16)9-3-2-4-10-15/h5-8H,2-4,9-11,16H2,1H3,(H2,17,18,19). The first-order valence-corrected chi connectivity index (χ1v) is 6.98. The fourth-order valence-corrected chi connectivity index (χ4v) is 2.50. The third-order valence-electron chi connectivity index (χ3n) is 3.76. The zero-order valence-corrected chi connectivity index (χ0v) is 11.5. The van der Waals surface area contributed by atoms with E-state index >= 15 is 0 Å². The maximum absolute atomic E-state index is 11.8. The lowest BCUT2D eigenvalue weighted by molar-refractivity contribution is 0.241. The van der Waals surface area contributed by atoms with E-state index in [1.807, 2.05) is 31.2 Å². The van der Waals surface area contributed by atoms with Crippen LogP contribution in [0.3, 0.4) is 0 Å². The van der Waals surface area contributed by atoms with Crippen LogP contribution in [0, 0.1) is 6.92 Å². The van der Waals surface area contributed by atoms with Crippen LogP contribution in [-0.4, -0.2) is 18.1 Å². The maximum atomic E-state index is 11.8. The molecule has 1 saturated carbocycles. The Morgan fingerprint density at radius 3 is 2.47 bits per heavy atom. The first-order valence-electron chi connectivity index (χ1n) is 6.98. The van der Waals surface area contributed by atoms with Gasteiger partial charge in [0.25, 0.3) is 0 Å². The van der Waals surface area contributed by atoms with Crippen molar-refractivity contribution in [2.24, 2.45) is 5.73 Å². The van der Waals surface area contributed by atoms with E-state index in [4.69, 9.17) is 5.73 Å². The van der Waals surface area contributed by atoms with E-state index in [0.29, 0.717) is 6.54 Å².